The monoisotopic (exact) mass is 277 g/mol. The molecule has 3 nitrogen and oxygen atoms in total. The zero-order chi connectivity index (χ0) is 12.5. The van der Waals surface area contributed by atoms with Crippen molar-refractivity contribution >= 4 is 28.8 Å². The first-order chi connectivity index (χ1) is 8.72. The van der Waals surface area contributed by atoms with Crippen LogP contribution in [0, 0.1) is 0 Å². The molecule has 2 aromatic heterocycles. The van der Waals surface area contributed by atoms with Gasteiger partial charge in [0.25, 0.3) is 0 Å². The lowest BCUT2D eigenvalue weighted by Crippen LogP contribution is -1.96. The third-order valence-corrected chi connectivity index (χ3v) is 3.16. The molecule has 0 saturated carbocycles. The summed E-state index contributed by atoms with van der Waals surface area (Å²) in [4.78, 5) is 0. The van der Waals surface area contributed by atoms with E-state index in [9.17, 15) is 0 Å². The number of nitrogens with zero attached hydrogens (tertiary/aromatic N) is 3. The summed E-state index contributed by atoms with van der Waals surface area (Å²) in [6, 6.07) is 11.3. The van der Waals surface area contributed by atoms with Gasteiger partial charge in [0.05, 0.1) is 0 Å². The molecule has 0 aliphatic rings. The zero-order valence-electron chi connectivity index (χ0n) is 9.35. The summed E-state index contributed by atoms with van der Waals surface area (Å²) in [6.45, 7) is 0. The van der Waals surface area contributed by atoms with Crippen LogP contribution >= 0.6 is 23.2 Å². The first-order valence-corrected chi connectivity index (χ1v) is 6.21. The molecule has 3 aromatic rings. The molecule has 0 fully saturated rings. The van der Waals surface area contributed by atoms with Gasteiger partial charge in [-0.1, -0.05) is 35.3 Å². The van der Waals surface area contributed by atoms with E-state index in [0.717, 1.165) is 22.1 Å². The average molecular weight is 278 g/mol. The molecule has 0 aliphatic carbocycles. The molecule has 0 atom stereocenters. The average Bonchev–Trinajstić information content (AvgIpc) is 2.72. The first kappa shape index (κ1) is 11.5. The van der Waals surface area contributed by atoms with Gasteiger partial charge in [-0.3, -0.25) is 4.40 Å². The summed E-state index contributed by atoms with van der Waals surface area (Å²) in [5, 5.41) is 9.65. The summed E-state index contributed by atoms with van der Waals surface area (Å²) in [7, 11) is 0. The third kappa shape index (κ3) is 2.19. The molecule has 2 heterocycles. The summed E-state index contributed by atoms with van der Waals surface area (Å²) >= 11 is 11.9. The van der Waals surface area contributed by atoms with Crippen molar-refractivity contribution in [2.24, 2.45) is 0 Å². The highest BCUT2D eigenvalue weighted by Gasteiger charge is 2.06. The molecule has 3 rings (SSSR count). The molecule has 5 heteroatoms. The molecule has 0 spiro atoms. The number of rotatable bonds is 2. The third-order valence-electron chi connectivity index (χ3n) is 2.69. The molecule has 0 radical (unpaired) electrons. The van der Waals surface area contributed by atoms with Crippen molar-refractivity contribution in [3.8, 4) is 0 Å². The summed E-state index contributed by atoms with van der Waals surface area (Å²) < 4.78 is 1.92. The van der Waals surface area contributed by atoms with Gasteiger partial charge in [0.2, 0.25) is 0 Å². The minimum Gasteiger partial charge on any atom is -0.286 e. The Kier molecular flexibility index (Phi) is 2.94. The van der Waals surface area contributed by atoms with E-state index in [1.165, 1.54) is 0 Å². The Balaban J connectivity index is 2.00. The van der Waals surface area contributed by atoms with E-state index in [4.69, 9.17) is 23.2 Å². The Hall–Kier alpha value is -1.58. The normalized spacial score (nSPS) is 11.0. The van der Waals surface area contributed by atoms with Crippen LogP contribution in [0.25, 0.3) is 5.65 Å². The van der Waals surface area contributed by atoms with Crippen molar-refractivity contribution in [2.75, 3.05) is 0 Å². The maximum absolute atomic E-state index is 5.96. The van der Waals surface area contributed by atoms with Gasteiger partial charge < -0.3 is 0 Å². The van der Waals surface area contributed by atoms with Crippen molar-refractivity contribution < 1.29 is 0 Å². The van der Waals surface area contributed by atoms with E-state index in [1.54, 1.807) is 6.07 Å². The summed E-state index contributed by atoms with van der Waals surface area (Å²) in [5.74, 6) is 0.865. The summed E-state index contributed by atoms with van der Waals surface area (Å²) in [6.07, 6.45) is 2.56. The van der Waals surface area contributed by atoms with Gasteiger partial charge in [0.15, 0.2) is 5.65 Å². The van der Waals surface area contributed by atoms with Crippen LogP contribution < -0.4 is 0 Å². The largest absolute Gasteiger partial charge is 0.286 e. The first-order valence-electron chi connectivity index (χ1n) is 5.46. The van der Waals surface area contributed by atoms with Crippen LogP contribution in [-0.2, 0) is 6.42 Å². The highest BCUT2D eigenvalue weighted by atomic mass is 35.5. The predicted molar refractivity (Wildman–Crippen MR) is 72.3 cm³/mol. The van der Waals surface area contributed by atoms with Crippen LogP contribution in [0.3, 0.4) is 0 Å². The lowest BCUT2D eigenvalue weighted by atomic mass is 10.1. The van der Waals surface area contributed by atoms with Gasteiger partial charge in [-0.15, -0.1) is 10.2 Å². The molecule has 0 bridgehead atoms. The minimum atomic E-state index is 0.657. The van der Waals surface area contributed by atoms with E-state index in [0.29, 0.717) is 11.4 Å². The Labute approximate surface area is 114 Å². The molecule has 1 aromatic carbocycles. The standard InChI is InChI=1S/C13H9Cl2N3/c14-10-3-1-2-9(6-10)7-12-16-17-13-8-11(15)4-5-18(12)13/h1-6,8H,7H2. The Bertz CT molecular complexity index is 706. The Morgan fingerprint density at radius 3 is 2.67 bits per heavy atom. The predicted octanol–water partition coefficient (Wildman–Crippen LogP) is 3.63. The van der Waals surface area contributed by atoms with Crippen LogP contribution in [0.1, 0.15) is 11.4 Å². The lowest BCUT2D eigenvalue weighted by molar-refractivity contribution is 0.934. The number of hydrogen-bond donors (Lipinski definition) is 0. The highest BCUT2D eigenvalue weighted by molar-refractivity contribution is 6.31. The van der Waals surface area contributed by atoms with Crippen LogP contribution in [-0.4, -0.2) is 14.6 Å². The number of hydrogen-bond acceptors (Lipinski definition) is 2. The van der Waals surface area contributed by atoms with Crippen molar-refractivity contribution in [1.29, 1.82) is 0 Å². The molecule has 90 valence electrons. The van der Waals surface area contributed by atoms with Crippen molar-refractivity contribution in [3.05, 3.63) is 64.0 Å². The molecular formula is C13H9Cl2N3. The van der Waals surface area contributed by atoms with Gasteiger partial charge in [0, 0.05) is 28.7 Å². The van der Waals surface area contributed by atoms with Crippen LogP contribution in [0.15, 0.2) is 42.6 Å². The van der Waals surface area contributed by atoms with Gasteiger partial charge in [-0.05, 0) is 23.8 Å². The highest BCUT2D eigenvalue weighted by Crippen LogP contribution is 2.16. The quantitative estimate of drug-likeness (QED) is 0.716. The van der Waals surface area contributed by atoms with Crippen LogP contribution in [0.2, 0.25) is 10.0 Å². The maximum Gasteiger partial charge on any atom is 0.162 e. The van der Waals surface area contributed by atoms with E-state index >= 15 is 0 Å². The lowest BCUT2D eigenvalue weighted by Gasteiger charge is -2.01. The maximum atomic E-state index is 5.96. The molecule has 0 aliphatic heterocycles. The number of aromatic nitrogens is 3. The van der Waals surface area contributed by atoms with E-state index in [1.807, 2.05) is 40.9 Å². The Morgan fingerprint density at radius 2 is 1.83 bits per heavy atom. The molecule has 0 amide bonds. The molecular weight excluding hydrogens is 269 g/mol. The second kappa shape index (κ2) is 4.59. The van der Waals surface area contributed by atoms with Crippen molar-refractivity contribution in [1.82, 2.24) is 14.6 Å². The SMILES string of the molecule is Clc1cccc(Cc2nnc3cc(Cl)ccn23)c1. The fourth-order valence-electron chi connectivity index (χ4n) is 1.87. The molecule has 0 saturated heterocycles. The van der Waals surface area contributed by atoms with Crippen molar-refractivity contribution in [3.63, 3.8) is 0 Å². The smallest absolute Gasteiger partial charge is 0.162 e. The van der Waals surface area contributed by atoms with Gasteiger partial charge in [-0.25, -0.2) is 0 Å². The van der Waals surface area contributed by atoms with E-state index < -0.39 is 0 Å². The van der Waals surface area contributed by atoms with Gasteiger partial charge in [0.1, 0.15) is 5.82 Å². The second-order valence-corrected chi connectivity index (χ2v) is 4.87. The fourth-order valence-corrected chi connectivity index (χ4v) is 2.23. The number of halogens is 2. The number of benzene rings is 1. The van der Waals surface area contributed by atoms with Gasteiger partial charge in [-0.2, -0.15) is 0 Å². The number of fused-ring (bicyclic) bond motifs is 1. The molecule has 0 N–H and O–H groups in total. The molecule has 18 heavy (non-hydrogen) atoms. The Morgan fingerprint density at radius 1 is 1.00 bits per heavy atom. The van der Waals surface area contributed by atoms with Crippen molar-refractivity contribution in [2.45, 2.75) is 6.42 Å². The minimum absolute atomic E-state index is 0.657. The summed E-state index contributed by atoms with van der Waals surface area (Å²) in [5.41, 5.74) is 1.85. The number of pyridine rings is 1. The fraction of sp³-hybridized carbons (Fsp3) is 0.0769. The van der Waals surface area contributed by atoms with Gasteiger partial charge >= 0.3 is 0 Å². The van der Waals surface area contributed by atoms with Crippen LogP contribution in [0.5, 0.6) is 0 Å². The van der Waals surface area contributed by atoms with Crippen LogP contribution in [0.4, 0.5) is 0 Å². The topological polar surface area (TPSA) is 30.2 Å². The molecule has 0 unspecified atom stereocenters. The van der Waals surface area contributed by atoms with E-state index in [-0.39, 0.29) is 0 Å². The zero-order valence-corrected chi connectivity index (χ0v) is 10.9. The second-order valence-electron chi connectivity index (χ2n) is 4.00. The van der Waals surface area contributed by atoms with E-state index in [2.05, 4.69) is 10.2 Å².